The van der Waals surface area contributed by atoms with Gasteiger partial charge in [-0.05, 0) is 17.2 Å². The molecule has 7 nitrogen and oxygen atoms in total. The molecule has 1 N–H and O–H groups in total. The lowest BCUT2D eigenvalue weighted by molar-refractivity contribution is -0.121. The maximum Gasteiger partial charge on any atom is 0.250 e. The molecule has 0 fully saturated rings. The van der Waals surface area contributed by atoms with Gasteiger partial charge in [0, 0.05) is 18.8 Å². The van der Waals surface area contributed by atoms with Gasteiger partial charge in [-0.25, -0.2) is 9.67 Å². The third-order valence-electron chi connectivity index (χ3n) is 3.54. The number of rotatable bonds is 6. The minimum atomic E-state index is -0.199. The molecular weight excluding hydrogens is 306 g/mol. The summed E-state index contributed by atoms with van der Waals surface area (Å²) in [4.78, 5) is 27.4. The number of nitrogens with zero attached hydrogens (tertiary/aromatic N) is 4. The summed E-state index contributed by atoms with van der Waals surface area (Å²) in [6.45, 7) is 1.09. The van der Waals surface area contributed by atoms with Crippen LogP contribution in [0.15, 0.2) is 66.1 Å². The van der Waals surface area contributed by atoms with E-state index in [0.717, 1.165) is 11.1 Å². The van der Waals surface area contributed by atoms with E-state index in [1.165, 1.54) is 17.0 Å². The van der Waals surface area contributed by atoms with E-state index in [1.807, 2.05) is 24.3 Å². The molecule has 0 spiro atoms. The summed E-state index contributed by atoms with van der Waals surface area (Å²) in [6, 6.07) is 12.7. The van der Waals surface area contributed by atoms with Crippen molar-refractivity contribution in [3.05, 3.63) is 82.8 Å². The lowest BCUT2D eigenvalue weighted by Gasteiger charge is -2.08. The quantitative estimate of drug-likeness (QED) is 0.727. The minimum Gasteiger partial charge on any atom is -0.350 e. The van der Waals surface area contributed by atoms with Gasteiger partial charge in [-0.2, -0.15) is 5.10 Å². The Morgan fingerprint density at radius 1 is 1.08 bits per heavy atom. The van der Waals surface area contributed by atoms with Crippen molar-refractivity contribution >= 4 is 5.91 Å². The molecule has 0 atom stereocenters. The van der Waals surface area contributed by atoms with Crippen molar-refractivity contribution in [2.75, 3.05) is 0 Å². The molecule has 0 aliphatic carbocycles. The largest absolute Gasteiger partial charge is 0.350 e. The van der Waals surface area contributed by atoms with Crippen molar-refractivity contribution in [2.45, 2.75) is 19.6 Å². The van der Waals surface area contributed by atoms with E-state index in [2.05, 4.69) is 15.4 Å². The summed E-state index contributed by atoms with van der Waals surface area (Å²) in [5.74, 6) is -0.199. The molecule has 0 radical (unpaired) electrons. The van der Waals surface area contributed by atoms with Gasteiger partial charge in [0.15, 0.2) is 0 Å². The Morgan fingerprint density at radius 2 is 1.88 bits per heavy atom. The lowest BCUT2D eigenvalue weighted by atomic mass is 10.1. The van der Waals surface area contributed by atoms with Gasteiger partial charge in [0.05, 0.1) is 6.54 Å². The Kier molecular flexibility index (Phi) is 4.81. The summed E-state index contributed by atoms with van der Waals surface area (Å²) in [6.07, 6.45) is 4.77. The number of pyridine rings is 1. The highest BCUT2D eigenvalue weighted by atomic mass is 16.2. The Morgan fingerprint density at radius 3 is 2.58 bits per heavy atom. The smallest absolute Gasteiger partial charge is 0.250 e. The molecule has 3 aromatic rings. The van der Waals surface area contributed by atoms with Crippen molar-refractivity contribution in [1.82, 2.24) is 24.6 Å². The van der Waals surface area contributed by atoms with Crippen molar-refractivity contribution in [3.63, 3.8) is 0 Å². The zero-order valence-electron chi connectivity index (χ0n) is 13.0. The van der Waals surface area contributed by atoms with Crippen LogP contribution in [-0.2, 0) is 24.4 Å². The van der Waals surface area contributed by atoms with E-state index in [9.17, 15) is 9.59 Å². The summed E-state index contributed by atoms with van der Waals surface area (Å²) < 4.78 is 3.12. The van der Waals surface area contributed by atoms with E-state index in [1.54, 1.807) is 29.3 Å². The molecule has 122 valence electrons. The van der Waals surface area contributed by atoms with Gasteiger partial charge in [-0.3, -0.25) is 9.59 Å². The number of aromatic nitrogens is 4. The monoisotopic (exact) mass is 323 g/mol. The second kappa shape index (κ2) is 7.36. The predicted molar refractivity (Wildman–Crippen MR) is 88.1 cm³/mol. The fourth-order valence-electron chi connectivity index (χ4n) is 2.27. The van der Waals surface area contributed by atoms with Gasteiger partial charge in [-0.15, -0.1) is 0 Å². The molecule has 2 aromatic heterocycles. The van der Waals surface area contributed by atoms with E-state index in [4.69, 9.17) is 0 Å². The number of carbonyl (C=O) groups is 1. The van der Waals surface area contributed by atoms with Crippen LogP contribution in [0, 0.1) is 0 Å². The van der Waals surface area contributed by atoms with Crippen LogP contribution in [0.2, 0.25) is 0 Å². The van der Waals surface area contributed by atoms with Gasteiger partial charge in [0.25, 0.3) is 5.56 Å². The third kappa shape index (κ3) is 4.16. The lowest BCUT2D eigenvalue weighted by Crippen LogP contribution is -2.31. The van der Waals surface area contributed by atoms with E-state index in [0.29, 0.717) is 13.1 Å². The van der Waals surface area contributed by atoms with Crippen LogP contribution in [0.25, 0.3) is 0 Å². The number of carbonyl (C=O) groups excluding carboxylic acids is 1. The fraction of sp³-hybridized carbons (Fsp3) is 0.176. The average molecular weight is 323 g/mol. The molecular formula is C17H17N5O2. The van der Waals surface area contributed by atoms with Crippen molar-refractivity contribution < 1.29 is 4.79 Å². The van der Waals surface area contributed by atoms with Crippen LogP contribution >= 0.6 is 0 Å². The molecule has 24 heavy (non-hydrogen) atoms. The van der Waals surface area contributed by atoms with Crippen LogP contribution in [0.5, 0.6) is 0 Å². The van der Waals surface area contributed by atoms with Gasteiger partial charge in [0.2, 0.25) is 5.91 Å². The number of benzene rings is 1. The van der Waals surface area contributed by atoms with Crippen molar-refractivity contribution in [1.29, 1.82) is 0 Å². The van der Waals surface area contributed by atoms with Crippen molar-refractivity contribution in [3.8, 4) is 0 Å². The van der Waals surface area contributed by atoms with Crippen LogP contribution < -0.4 is 10.9 Å². The van der Waals surface area contributed by atoms with E-state index < -0.39 is 0 Å². The van der Waals surface area contributed by atoms with Gasteiger partial charge < -0.3 is 9.88 Å². The standard InChI is InChI=1S/C17H17N5O2/c23-16(11-21-8-2-1-3-17(21)24)19-9-14-4-6-15(7-5-14)10-22-13-18-12-20-22/h1-8,12-13H,9-11H2,(H,19,23). The molecule has 1 amide bonds. The Hall–Kier alpha value is -3.22. The number of amides is 1. The zero-order chi connectivity index (χ0) is 16.8. The molecule has 0 saturated heterocycles. The molecule has 0 bridgehead atoms. The second-order valence-electron chi connectivity index (χ2n) is 5.35. The topological polar surface area (TPSA) is 81.8 Å². The maximum atomic E-state index is 11.9. The number of nitrogens with one attached hydrogen (secondary N) is 1. The van der Waals surface area contributed by atoms with E-state index >= 15 is 0 Å². The Labute approximate surface area is 138 Å². The number of hydrogen-bond donors (Lipinski definition) is 1. The first-order valence-corrected chi connectivity index (χ1v) is 7.53. The summed E-state index contributed by atoms with van der Waals surface area (Å²) in [5.41, 5.74) is 1.91. The molecule has 0 unspecified atom stereocenters. The first-order valence-electron chi connectivity index (χ1n) is 7.53. The number of hydrogen-bond acceptors (Lipinski definition) is 4. The van der Waals surface area contributed by atoms with Crippen molar-refractivity contribution in [2.24, 2.45) is 0 Å². The third-order valence-corrected chi connectivity index (χ3v) is 3.54. The average Bonchev–Trinajstić information content (AvgIpc) is 3.09. The molecule has 0 aliphatic rings. The molecule has 2 heterocycles. The summed E-state index contributed by atoms with van der Waals surface area (Å²) in [7, 11) is 0. The second-order valence-corrected chi connectivity index (χ2v) is 5.35. The normalized spacial score (nSPS) is 10.5. The minimum absolute atomic E-state index is 0.0179. The van der Waals surface area contributed by atoms with Crippen LogP contribution in [0.4, 0.5) is 0 Å². The van der Waals surface area contributed by atoms with Crippen LogP contribution in [-0.4, -0.2) is 25.2 Å². The summed E-state index contributed by atoms with van der Waals surface area (Å²) in [5, 5.41) is 6.87. The van der Waals surface area contributed by atoms with Crippen LogP contribution in [0.3, 0.4) is 0 Å². The highest BCUT2D eigenvalue weighted by Gasteiger charge is 2.04. The fourth-order valence-corrected chi connectivity index (χ4v) is 2.27. The highest BCUT2D eigenvalue weighted by molar-refractivity contribution is 5.75. The first kappa shape index (κ1) is 15.7. The SMILES string of the molecule is O=C(Cn1ccccc1=O)NCc1ccc(Cn2cncn2)cc1. The Bertz CT molecular complexity index is 853. The van der Waals surface area contributed by atoms with Crippen LogP contribution in [0.1, 0.15) is 11.1 Å². The van der Waals surface area contributed by atoms with E-state index in [-0.39, 0.29) is 18.0 Å². The molecule has 3 rings (SSSR count). The first-order chi connectivity index (χ1) is 11.7. The predicted octanol–water partition coefficient (Wildman–Crippen LogP) is 0.804. The molecule has 0 aliphatic heterocycles. The Balaban J connectivity index is 1.52. The highest BCUT2D eigenvalue weighted by Crippen LogP contribution is 2.05. The zero-order valence-corrected chi connectivity index (χ0v) is 13.0. The van der Waals surface area contributed by atoms with Gasteiger partial charge >= 0.3 is 0 Å². The van der Waals surface area contributed by atoms with Gasteiger partial charge in [0.1, 0.15) is 19.2 Å². The molecule has 7 heteroatoms. The maximum absolute atomic E-state index is 11.9. The molecule has 1 aromatic carbocycles. The molecule has 0 saturated carbocycles. The summed E-state index contributed by atoms with van der Waals surface area (Å²) >= 11 is 0. The van der Waals surface area contributed by atoms with Gasteiger partial charge in [-0.1, -0.05) is 30.3 Å².